The number of halogens is 1. The Kier molecular flexibility index (Phi) is 4.90. The highest BCUT2D eigenvalue weighted by Gasteiger charge is 2.03. The van der Waals surface area contributed by atoms with Gasteiger partial charge in [0.25, 0.3) is 0 Å². The Morgan fingerprint density at radius 2 is 2.06 bits per heavy atom. The molecule has 2 aromatic heterocycles. The van der Waals surface area contributed by atoms with E-state index in [-0.39, 0.29) is 5.91 Å². The van der Waals surface area contributed by atoms with Crippen LogP contribution in [0.4, 0.5) is 5.69 Å². The van der Waals surface area contributed by atoms with Crippen molar-refractivity contribution in [2.24, 2.45) is 0 Å². The fourth-order valence-electron chi connectivity index (χ4n) is 1.57. The van der Waals surface area contributed by atoms with Crippen molar-refractivity contribution in [3.63, 3.8) is 0 Å². The lowest BCUT2D eigenvalue weighted by Gasteiger charge is -2.03. The highest BCUT2D eigenvalue weighted by Crippen LogP contribution is 2.23. The number of hydrogen-bond donors (Lipinski definition) is 1. The van der Waals surface area contributed by atoms with E-state index in [0.717, 1.165) is 22.3 Å². The molecule has 0 fully saturated rings. The molecule has 2 rings (SSSR count). The van der Waals surface area contributed by atoms with Gasteiger partial charge in [-0.25, -0.2) is 0 Å². The normalized spacial score (nSPS) is 10.3. The average Bonchev–Trinajstić information content (AvgIpc) is 2.76. The number of amides is 1. The first-order valence-electron chi connectivity index (χ1n) is 5.68. The molecule has 3 nitrogen and oxygen atoms in total. The van der Waals surface area contributed by atoms with Crippen LogP contribution in [0.15, 0.2) is 40.4 Å². The van der Waals surface area contributed by atoms with Gasteiger partial charge in [-0.2, -0.15) is 0 Å². The summed E-state index contributed by atoms with van der Waals surface area (Å²) in [6, 6.07) is 7.70. The van der Waals surface area contributed by atoms with Crippen LogP contribution in [-0.2, 0) is 11.2 Å². The van der Waals surface area contributed by atoms with Gasteiger partial charge in [-0.05, 0) is 53.0 Å². The van der Waals surface area contributed by atoms with Gasteiger partial charge in [0.2, 0.25) is 5.91 Å². The molecular formula is C13H13BrN2OS. The standard InChI is InChI=1S/C13H13BrN2OS/c14-12-5-4-11(18-12)2-1-3-13(17)16-10-6-8-15-9-7-10/h4-9H,1-3H2,(H,15,16,17). The van der Waals surface area contributed by atoms with E-state index in [4.69, 9.17) is 0 Å². The number of rotatable bonds is 5. The highest BCUT2D eigenvalue weighted by atomic mass is 79.9. The van der Waals surface area contributed by atoms with E-state index in [1.165, 1.54) is 4.88 Å². The number of hydrogen-bond acceptors (Lipinski definition) is 3. The molecule has 0 saturated heterocycles. The molecule has 0 saturated carbocycles. The van der Waals surface area contributed by atoms with Gasteiger partial charge >= 0.3 is 0 Å². The van der Waals surface area contributed by atoms with Gasteiger partial charge in [-0.1, -0.05) is 0 Å². The summed E-state index contributed by atoms with van der Waals surface area (Å²) in [4.78, 5) is 16.9. The SMILES string of the molecule is O=C(CCCc1ccc(Br)s1)Nc1ccncc1. The number of nitrogens with one attached hydrogen (secondary N) is 1. The zero-order valence-electron chi connectivity index (χ0n) is 9.73. The van der Waals surface area contributed by atoms with E-state index in [2.05, 4.69) is 32.3 Å². The average molecular weight is 325 g/mol. The maximum atomic E-state index is 11.7. The molecule has 0 aliphatic rings. The number of carbonyl (C=O) groups is 1. The Labute approximate surface area is 118 Å². The van der Waals surface area contributed by atoms with E-state index in [1.54, 1.807) is 35.9 Å². The second-order valence-corrected chi connectivity index (χ2v) is 6.39. The highest BCUT2D eigenvalue weighted by molar-refractivity contribution is 9.11. The largest absolute Gasteiger partial charge is 0.326 e. The summed E-state index contributed by atoms with van der Waals surface area (Å²) in [5.41, 5.74) is 0.800. The Bertz CT molecular complexity index is 513. The van der Waals surface area contributed by atoms with Gasteiger partial charge in [0, 0.05) is 29.4 Å². The van der Waals surface area contributed by atoms with E-state index in [0.29, 0.717) is 6.42 Å². The Hall–Kier alpha value is -1.20. The van der Waals surface area contributed by atoms with Crippen LogP contribution in [-0.4, -0.2) is 10.9 Å². The lowest BCUT2D eigenvalue weighted by Crippen LogP contribution is -2.11. The lowest BCUT2D eigenvalue weighted by atomic mass is 10.2. The number of pyridine rings is 1. The van der Waals surface area contributed by atoms with Gasteiger partial charge in [0.1, 0.15) is 0 Å². The molecule has 2 heterocycles. The molecule has 0 spiro atoms. The van der Waals surface area contributed by atoms with Crippen LogP contribution in [0.25, 0.3) is 0 Å². The van der Waals surface area contributed by atoms with E-state index >= 15 is 0 Å². The van der Waals surface area contributed by atoms with E-state index in [9.17, 15) is 4.79 Å². The Balaban J connectivity index is 1.72. The molecule has 2 aromatic rings. The third-order valence-corrected chi connectivity index (χ3v) is 4.10. The van der Waals surface area contributed by atoms with Crippen molar-refractivity contribution in [1.29, 1.82) is 0 Å². The van der Waals surface area contributed by atoms with Crippen molar-refractivity contribution in [3.05, 3.63) is 45.3 Å². The number of thiophene rings is 1. The van der Waals surface area contributed by atoms with Crippen molar-refractivity contribution in [3.8, 4) is 0 Å². The molecule has 0 aliphatic carbocycles. The summed E-state index contributed by atoms with van der Waals surface area (Å²) in [5.74, 6) is 0.0526. The van der Waals surface area contributed by atoms with E-state index in [1.807, 2.05) is 6.07 Å². The minimum absolute atomic E-state index is 0.0526. The number of anilines is 1. The molecule has 1 amide bonds. The maximum Gasteiger partial charge on any atom is 0.224 e. The Morgan fingerprint density at radius 1 is 1.28 bits per heavy atom. The summed E-state index contributed by atoms with van der Waals surface area (Å²) >= 11 is 5.15. The summed E-state index contributed by atoms with van der Waals surface area (Å²) in [5, 5.41) is 2.85. The maximum absolute atomic E-state index is 11.7. The molecule has 0 aromatic carbocycles. The van der Waals surface area contributed by atoms with E-state index < -0.39 is 0 Å². The first-order chi connectivity index (χ1) is 8.74. The number of carbonyl (C=O) groups excluding carboxylic acids is 1. The van der Waals surface area contributed by atoms with Crippen LogP contribution < -0.4 is 5.32 Å². The van der Waals surface area contributed by atoms with Crippen LogP contribution in [0, 0.1) is 0 Å². The first kappa shape index (κ1) is 13.2. The molecule has 0 atom stereocenters. The zero-order chi connectivity index (χ0) is 12.8. The fraction of sp³-hybridized carbons (Fsp3) is 0.231. The quantitative estimate of drug-likeness (QED) is 0.907. The molecule has 5 heteroatoms. The van der Waals surface area contributed by atoms with Gasteiger partial charge < -0.3 is 5.32 Å². The predicted octanol–water partition coefficient (Wildman–Crippen LogP) is 3.87. The van der Waals surface area contributed by atoms with Gasteiger partial charge in [0.05, 0.1) is 3.79 Å². The molecular weight excluding hydrogens is 312 g/mol. The van der Waals surface area contributed by atoms with Crippen molar-refractivity contribution in [2.45, 2.75) is 19.3 Å². The second kappa shape index (κ2) is 6.66. The monoisotopic (exact) mass is 324 g/mol. The third-order valence-electron chi connectivity index (χ3n) is 2.42. The third kappa shape index (κ3) is 4.23. The van der Waals surface area contributed by atoms with Gasteiger partial charge in [-0.15, -0.1) is 11.3 Å². The van der Waals surface area contributed by atoms with Crippen molar-refractivity contribution in [1.82, 2.24) is 4.98 Å². The summed E-state index contributed by atoms with van der Waals surface area (Å²) in [7, 11) is 0. The molecule has 18 heavy (non-hydrogen) atoms. The lowest BCUT2D eigenvalue weighted by molar-refractivity contribution is -0.116. The molecule has 1 N–H and O–H groups in total. The summed E-state index contributed by atoms with van der Waals surface area (Å²) in [6.45, 7) is 0. The molecule has 0 aliphatic heterocycles. The van der Waals surface area contributed by atoms with Crippen LogP contribution in [0.1, 0.15) is 17.7 Å². The number of nitrogens with zero attached hydrogens (tertiary/aromatic N) is 1. The van der Waals surface area contributed by atoms with Gasteiger partial charge in [-0.3, -0.25) is 9.78 Å². The Morgan fingerprint density at radius 3 is 2.72 bits per heavy atom. The predicted molar refractivity (Wildman–Crippen MR) is 77.8 cm³/mol. The summed E-state index contributed by atoms with van der Waals surface area (Å²) in [6.07, 6.45) is 5.68. The number of aryl methyl sites for hydroxylation is 1. The van der Waals surface area contributed by atoms with Gasteiger partial charge in [0.15, 0.2) is 0 Å². The van der Waals surface area contributed by atoms with Crippen LogP contribution in [0.2, 0.25) is 0 Å². The van der Waals surface area contributed by atoms with Crippen LogP contribution in [0.3, 0.4) is 0 Å². The van der Waals surface area contributed by atoms with Crippen LogP contribution in [0.5, 0.6) is 0 Å². The minimum atomic E-state index is 0.0526. The molecule has 0 unspecified atom stereocenters. The van der Waals surface area contributed by atoms with Crippen LogP contribution >= 0.6 is 27.3 Å². The minimum Gasteiger partial charge on any atom is -0.326 e. The van der Waals surface area contributed by atoms with Crippen molar-refractivity contribution in [2.75, 3.05) is 5.32 Å². The first-order valence-corrected chi connectivity index (χ1v) is 7.29. The fourth-order valence-corrected chi connectivity index (χ4v) is 3.09. The smallest absolute Gasteiger partial charge is 0.224 e. The van der Waals surface area contributed by atoms with Crippen molar-refractivity contribution >= 4 is 38.9 Å². The van der Waals surface area contributed by atoms with Crippen molar-refractivity contribution < 1.29 is 4.79 Å². The molecule has 0 bridgehead atoms. The summed E-state index contributed by atoms with van der Waals surface area (Å²) < 4.78 is 1.14. The molecule has 94 valence electrons. The number of aromatic nitrogens is 1. The topological polar surface area (TPSA) is 42.0 Å². The zero-order valence-corrected chi connectivity index (χ0v) is 12.1. The second-order valence-electron chi connectivity index (χ2n) is 3.84. The molecule has 0 radical (unpaired) electrons.